The minimum Gasteiger partial charge on any atom is -0.413 e. The van der Waals surface area contributed by atoms with E-state index in [9.17, 15) is 0 Å². The monoisotopic (exact) mass is 382 g/mol. The molecule has 0 saturated heterocycles. The Morgan fingerprint density at radius 2 is 1.36 bits per heavy atom. The van der Waals surface area contributed by atoms with E-state index < -0.39 is 16.6 Å². The van der Waals surface area contributed by atoms with Crippen molar-refractivity contribution in [2.75, 3.05) is 0 Å². The quantitative estimate of drug-likeness (QED) is 0.267. The van der Waals surface area contributed by atoms with Gasteiger partial charge >= 0.3 is 0 Å². The molecule has 0 fully saturated rings. The number of hydrogen-bond acceptors (Lipinski definition) is 2. The van der Waals surface area contributed by atoms with Crippen molar-refractivity contribution in [2.24, 2.45) is 5.92 Å². The molecule has 0 aliphatic carbocycles. The fraction of sp³-hybridized carbons (Fsp3) is 0.810. The molecule has 25 heavy (non-hydrogen) atoms. The molecule has 0 unspecified atom stereocenters. The van der Waals surface area contributed by atoms with E-state index in [0.29, 0.717) is 6.42 Å². The summed E-state index contributed by atoms with van der Waals surface area (Å²) in [6.07, 6.45) is 8.17. The molecule has 0 aromatic carbocycles. The maximum absolute atomic E-state index is 6.67. The summed E-state index contributed by atoms with van der Waals surface area (Å²) in [7, 11) is -3.78. The average Bonchev–Trinajstić information content (AvgIpc) is 2.40. The topological polar surface area (TPSA) is 18.5 Å². The van der Waals surface area contributed by atoms with Crippen LogP contribution in [0.1, 0.15) is 54.9 Å². The van der Waals surface area contributed by atoms with Crippen LogP contribution in [-0.4, -0.2) is 28.8 Å². The molecule has 0 saturated carbocycles. The smallest absolute Gasteiger partial charge is 0.192 e. The molecule has 0 amide bonds. The molecule has 0 bridgehead atoms. The summed E-state index contributed by atoms with van der Waals surface area (Å²) >= 11 is 0. The third-order valence-electron chi connectivity index (χ3n) is 6.15. The highest BCUT2D eigenvalue weighted by molar-refractivity contribution is 6.74. The van der Waals surface area contributed by atoms with Crippen molar-refractivity contribution >= 4 is 16.6 Å². The van der Waals surface area contributed by atoms with Crippen LogP contribution in [0.4, 0.5) is 0 Å². The van der Waals surface area contributed by atoms with Gasteiger partial charge in [0.05, 0.1) is 12.2 Å². The molecular weight excluding hydrogens is 340 g/mol. The van der Waals surface area contributed by atoms with Crippen molar-refractivity contribution in [3.63, 3.8) is 0 Å². The molecule has 0 rings (SSSR count). The Kier molecular flexibility index (Phi) is 8.44. The lowest BCUT2D eigenvalue weighted by Crippen LogP contribution is -2.50. The van der Waals surface area contributed by atoms with E-state index in [2.05, 4.69) is 87.2 Å². The Balaban J connectivity index is 5.47. The molecule has 0 aromatic heterocycles. The van der Waals surface area contributed by atoms with Crippen molar-refractivity contribution in [2.45, 2.75) is 103 Å². The van der Waals surface area contributed by atoms with Gasteiger partial charge in [-0.05, 0) is 36.3 Å². The van der Waals surface area contributed by atoms with Gasteiger partial charge < -0.3 is 8.85 Å². The molecule has 146 valence electrons. The van der Waals surface area contributed by atoms with Crippen LogP contribution in [0.5, 0.6) is 0 Å². The maximum Gasteiger partial charge on any atom is 0.192 e. The Hall–Kier alpha value is -0.346. The SMILES string of the molecule is C#CC[C@@H](O[Si](C)(C)C(C)(C)C)[C@H](C)[C@H](C=C)O[Si](C)(C)C(C)(C)C. The second kappa shape index (κ2) is 8.56. The Bertz CT molecular complexity index is 476. The van der Waals surface area contributed by atoms with Gasteiger partial charge in [0, 0.05) is 12.3 Å². The van der Waals surface area contributed by atoms with Crippen molar-refractivity contribution in [3.05, 3.63) is 12.7 Å². The number of terminal acetylenes is 1. The molecule has 0 heterocycles. The van der Waals surface area contributed by atoms with Crippen LogP contribution < -0.4 is 0 Å². The number of hydrogen-bond donors (Lipinski definition) is 0. The lowest BCUT2D eigenvalue weighted by molar-refractivity contribution is 0.0604. The van der Waals surface area contributed by atoms with Crippen LogP contribution in [-0.2, 0) is 8.85 Å². The molecule has 0 N–H and O–H groups in total. The summed E-state index contributed by atoms with van der Waals surface area (Å²) < 4.78 is 13.3. The highest BCUT2D eigenvalue weighted by Gasteiger charge is 2.43. The summed E-state index contributed by atoms with van der Waals surface area (Å²) in [5.41, 5.74) is 0. The van der Waals surface area contributed by atoms with E-state index in [1.165, 1.54) is 0 Å². The Labute approximate surface area is 160 Å². The normalized spacial score (nSPS) is 17.5. The first-order valence-electron chi connectivity index (χ1n) is 9.42. The van der Waals surface area contributed by atoms with Gasteiger partial charge in [-0.2, -0.15) is 0 Å². The van der Waals surface area contributed by atoms with Gasteiger partial charge in [0.15, 0.2) is 16.6 Å². The third-order valence-corrected chi connectivity index (χ3v) is 15.1. The van der Waals surface area contributed by atoms with Crippen LogP contribution in [0, 0.1) is 18.3 Å². The van der Waals surface area contributed by atoms with Gasteiger partial charge in [-0.15, -0.1) is 18.9 Å². The lowest BCUT2D eigenvalue weighted by atomic mass is 9.96. The van der Waals surface area contributed by atoms with Gasteiger partial charge in [-0.25, -0.2) is 0 Å². The van der Waals surface area contributed by atoms with Gasteiger partial charge in [0.1, 0.15) is 0 Å². The third kappa shape index (κ3) is 6.71. The highest BCUT2D eigenvalue weighted by atomic mass is 28.4. The largest absolute Gasteiger partial charge is 0.413 e. The lowest BCUT2D eigenvalue weighted by Gasteiger charge is -2.44. The summed E-state index contributed by atoms with van der Waals surface area (Å²) in [4.78, 5) is 0. The van der Waals surface area contributed by atoms with E-state index >= 15 is 0 Å². The fourth-order valence-electron chi connectivity index (χ4n) is 2.10. The van der Waals surface area contributed by atoms with Crippen molar-refractivity contribution in [3.8, 4) is 12.3 Å². The standard InChI is InChI=1S/C21H42O2Si2/c1-14-16-19(23-25(12,13)21(7,8)9)17(3)18(15-2)22-24(10,11)20(4,5)6/h1,15,17-19H,2,16H2,3-13H3/t17-,18+,19-/m1/s1. The summed E-state index contributed by atoms with van der Waals surface area (Å²) in [5, 5.41) is 0.319. The van der Waals surface area contributed by atoms with Gasteiger partial charge in [-0.3, -0.25) is 0 Å². The molecule has 0 aromatic rings. The van der Waals surface area contributed by atoms with Crippen molar-refractivity contribution in [1.82, 2.24) is 0 Å². The maximum atomic E-state index is 6.67. The molecule has 2 nitrogen and oxygen atoms in total. The van der Waals surface area contributed by atoms with Crippen LogP contribution in [0.3, 0.4) is 0 Å². The zero-order chi connectivity index (χ0) is 20.3. The van der Waals surface area contributed by atoms with E-state index in [4.69, 9.17) is 15.3 Å². The van der Waals surface area contributed by atoms with Crippen LogP contribution in [0.25, 0.3) is 0 Å². The molecular formula is C21H42O2Si2. The van der Waals surface area contributed by atoms with Crippen molar-refractivity contribution in [1.29, 1.82) is 0 Å². The Morgan fingerprint density at radius 1 is 0.960 bits per heavy atom. The van der Waals surface area contributed by atoms with E-state index in [0.717, 1.165) is 0 Å². The predicted molar refractivity (Wildman–Crippen MR) is 117 cm³/mol. The predicted octanol–water partition coefficient (Wildman–Crippen LogP) is 6.61. The van der Waals surface area contributed by atoms with Gasteiger partial charge in [-0.1, -0.05) is 54.5 Å². The second-order valence-corrected chi connectivity index (χ2v) is 19.8. The fourth-order valence-corrected chi connectivity index (χ4v) is 4.86. The average molecular weight is 383 g/mol. The molecule has 0 spiro atoms. The highest BCUT2D eigenvalue weighted by Crippen LogP contribution is 2.41. The summed E-state index contributed by atoms with van der Waals surface area (Å²) in [5.74, 6) is 2.99. The molecule has 0 aliphatic heterocycles. The minimum absolute atomic E-state index is 0.00124. The molecule has 0 aliphatic rings. The molecule has 3 atom stereocenters. The van der Waals surface area contributed by atoms with E-state index in [-0.39, 0.29) is 28.2 Å². The molecule has 4 heteroatoms. The van der Waals surface area contributed by atoms with E-state index in [1.54, 1.807) is 0 Å². The first kappa shape index (κ1) is 24.7. The Morgan fingerprint density at radius 3 is 1.68 bits per heavy atom. The molecule has 0 radical (unpaired) electrons. The van der Waals surface area contributed by atoms with Crippen LogP contribution in [0.2, 0.25) is 36.3 Å². The first-order valence-corrected chi connectivity index (χ1v) is 15.2. The number of rotatable bonds is 8. The zero-order valence-electron chi connectivity index (χ0n) is 18.6. The first-order chi connectivity index (χ1) is 11.0. The van der Waals surface area contributed by atoms with Crippen molar-refractivity contribution < 1.29 is 8.85 Å². The van der Waals surface area contributed by atoms with Gasteiger partial charge in [0.25, 0.3) is 0 Å². The van der Waals surface area contributed by atoms with Crippen LogP contribution in [0.15, 0.2) is 12.7 Å². The van der Waals surface area contributed by atoms with E-state index in [1.807, 2.05) is 6.08 Å². The summed E-state index contributed by atoms with van der Waals surface area (Å²) in [6, 6.07) is 0. The minimum atomic E-state index is -1.90. The zero-order valence-corrected chi connectivity index (χ0v) is 20.6. The summed E-state index contributed by atoms with van der Waals surface area (Å²) in [6.45, 7) is 28.9. The van der Waals surface area contributed by atoms with Crippen LogP contribution >= 0.6 is 0 Å². The second-order valence-electron chi connectivity index (χ2n) is 10.3. The van der Waals surface area contributed by atoms with Gasteiger partial charge in [0.2, 0.25) is 0 Å².